The van der Waals surface area contributed by atoms with E-state index in [1.807, 2.05) is 17.9 Å². The molecule has 1 heterocycles. The summed E-state index contributed by atoms with van der Waals surface area (Å²) >= 11 is 5.87. The van der Waals surface area contributed by atoms with Crippen molar-refractivity contribution in [2.75, 3.05) is 18.0 Å². The molecule has 2 N–H and O–H groups in total. The summed E-state index contributed by atoms with van der Waals surface area (Å²) < 4.78 is 0. The van der Waals surface area contributed by atoms with Gasteiger partial charge in [0.05, 0.1) is 16.7 Å². The maximum absolute atomic E-state index is 11.4. The normalized spacial score (nSPS) is 22.8. The maximum Gasteiger partial charge on any atom is 0.225 e. The van der Waals surface area contributed by atoms with Gasteiger partial charge in [-0.25, -0.2) is 0 Å². The zero-order chi connectivity index (χ0) is 13.3. The second-order valence-corrected chi connectivity index (χ2v) is 5.31. The molecule has 4 nitrogen and oxygen atoms in total. The third-order valence-electron chi connectivity index (χ3n) is 3.49. The molecule has 94 valence electrons. The van der Waals surface area contributed by atoms with E-state index in [9.17, 15) is 4.79 Å². The molecule has 0 spiro atoms. The molecular weight excluding hydrogens is 250 g/mol. The summed E-state index contributed by atoms with van der Waals surface area (Å²) in [5.74, 6) is -0.294. The van der Waals surface area contributed by atoms with Crippen LogP contribution >= 0.6 is 11.6 Å². The summed E-state index contributed by atoms with van der Waals surface area (Å²) in [4.78, 5) is 13.4. The molecule has 1 aromatic carbocycles. The quantitative estimate of drug-likeness (QED) is 0.886. The summed E-state index contributed by atoms with van der Waals surface area (Å²) in [6.45, 7) is 3.12. The standard InChI is InChI=1S/C13H14ClN3O/c1-13(12(16)18)4-5-17(8-13)11-3-2-10(14)6-9(11)7-15/h2-3,6H,4-5,8H2,1H3,(H2,16,18). The lowest BCUT2D eigenvalue weighted by atomic mass is 9.89. The molecule has 1 aromatic rings. The highest BCUT2D eigenvalue weighted by Gasteiger charge is 2.39. The lowest BCUT2D eigenvalue weighted by molar-refractivity contribution is -0.125. The molecule has 1 unspecified atom stereocenters. The van der Waals surface area contributed by atoms with Gasteiger partial charge in [0.1, 0.15) is 6.07 Å². The van der Waals surface area contributed by atoms with Crippen LogP contribution in [0.15, 0.2) is 18.2 Å². The van der Waals surface area contributed by atoms with Gasteiger partial charge in [0.25, 0.3) is 0 Å². The van der Waals surface area contributed by atoms with E-state index in [4.69, 9.17) is 22.6 Å². The number of rotatable bonds is 2. The molecule has 1 amide bonds. The van der Waals surface area contributed by atoms with Crippen molar-refractivity contribution in [3.8, 4) is 6.07 Å². The molecule has 0 bridgehead atoms. The number of nitrogens with two attached hydrogens (primary N) is 1. The molecule has 0 radical (unpaired) electrons. The van der Waals surface area contributed by atoms with Crippen molar-refractivity contribution in [3.63, 3.8) is 0 Å². The number of carbonyl (C=O) groups is 1. The van der Waals surface area contributed by atoms with E-state index in [0.29, 0.717) is 23.6 Å². The molecule has 1 aliphatic rings. The van der Waals surface area contributed by atoms with Crippen LogP contribution in [0.5, 0.6) is 0 Å². The molecule has 1 aliphatic heterocycles. The first-order valence-corrected chi connectivity index (χ1v) is 6.08. The first-order chi connectivity index (χ1) is 8.46. The molecular formula is C13H14ClN3O. The van der Waals surface area contributed by atoms with Gasteiger partial charge in [0.2, 0.25) is 5.91 Å². The highest BCUT2D eigenvalue weighted by molar-refractivity contribution is 6.30. The van der Waals surface area contributed by atoms with Gasteiger partial charge >= 0.3 is 0 Å². The smallest absolute Gasteiger partial charge is 0.225 e. The van der Waals surface area contributed by atoms with Crippen molar-refractivity contribution in [1.82, 2.24) is 0 Å². The van der Waals surface area contributed by atoms with Crippen LogP contribution in [-0.2, 0) is 4.79 Å². The van der Waals surface area contributed by atoms with E-state index in [1.165, 1.54) is 0 Å². The van der Waals surface area contributed by atoms with E-state index in [2.05, 4.69) is 6.07 Å². The number of nitrogens with zero attached hydrogens (tertiary/aromatic N) is 2. The van der Waals surface area contributed by atoms with Gasteiger partial charge in [-0.1, -0.05) is 11.6 Å². The van der Waals surface area contributed by atoms with Crippen molar-refractivity contribution in [2.45, 2.75) is 13.3 Å². The number of carbonyl (C=O) groups excluding carboxylic acids is 1. The first-order valence-electron chi connectivity index (χ1n) is 5.71. The summed E-state index contributed by atoms with van der Waals surface area (Å²) in [7, 11) is 0. The fourth-order valence-electron chi connectivity index (χ4n) is 2.24. The van der Waals surface area contributed by atoms with Crippen LogP contribution in [0.1, 0.15) is 18.9 Å². The second kappa shape index (κ2) is 4.51. The van der Waals surface area contributed by atoms with E-state index < -0.39 is 5.41 Å². The highest BCUT2D eigenvalue weighted by atomic mass is 35.5. The van der Waals surface area contributed by atoms with Crippen LogP contribution < -0.4 is 10.6 Å². The zero-order valence-electron chi connectivity index (χ0n) is 10.1. The molecule has 0 saturated carbocycles. The minimum atomic E-state index is -0.521. The van der Waals surface area contributed by atoms with E-state index in [0.717, 1.165) is 12.2 Å². The van der Waals surface area contributed by atoms with Gasteiger partial charge in [-0.05, 0) is 31.5 Å². The summed E-state index contributed by atoms with van der Waals surface area (Å²) in [6, 6.07) is 7.32. The highest BCUT2D eigenvalue weighted by Crippen LogP contribution is 2.35. The Bertz CT molecular complexity index is 538. The van der Waals surface area contributed by atoms with Crippen molar-refractivity contribution >= 4 is 23.2 Å². The number of hydrogen-bond donors (Lipinski definition) is 1. The van der Waals surface area contributed by atoms with Crippen LogP contribution in [0, 0.1) is 16.7 Å². The largest absolute Gasteiger partial charge is 0.369 e. The number of hydrogen-bond acceptors (Lipinski definition) is 3. The van der Waals surface area contributed by atoms with Gasteiger partial charge in [0, 0.05) is 18.1 Å². The third-order valence-corrected chi connectivity index (χ3v) is 3.72. The van der Waals surface area contributed by atoms with Crippen molar-refractivity contribution in [1.29, 1.82) is 5.26 Å². The Morgan fingerprint density at radius 1 is 1.61 bits per heavy atom. The Morgan fingerprint density at radius 2 is 2.33 bits per heavy atom. The van der Waals surface area contributed by atoms with Crippen LogP contribution in [0.4, 0.5) is 5.69 Å². The predicted molar refractivity (Wildman–Crippen MR) is 70.3 cm³/mol. The first kappa shape index (κ1) is 12.7. The van der Waals surface area contributed by atoms with Crippen LogP contribution in [0.25, 0.3) is 0 Å². The summed E-state index contributed by atoms with van der Waals surface area (Å²) in [5, 5.41) is 9.65. The Morgan fingerprint density at radius 3 is 2.89 bits per heavy atom. The van der Waals surface area contributed by atoms with E-state index in [-0.39, 0.29) is 5.91 Å². The molecule has 2 rings (SSSR count). The van der Waals surface area contributed by atoms with Crippen molar-refractivity contribution < 1.29 is 4.79 Å². The van der Waals surface area contributed by atoms with Crippen molar-refractivity contribution in [2.24, 2.45) is 11.1 Å². The summed E-state index contributed by atoms with van der Waals surface area (Å²) in [5.41, 5.74) is 6.23. The molecule has 1 saturated heterocycles. The van der Waals surface area contributed by atoms with Gasteiger partial charge in [-0.3, -0.25) is 4.79 Å². The minimum Gasteiger partial charge on any atom is -0.369 e. The molecule has 0 aromatic heterocycles. The third kappa shape index (κ3) is 2.14. The monoisotopic (exact) mass is 263 g/mol. The number of primary amides is 1. The average molecular weight is 264 g/mol. The van der Waals surface area contributed by atoms with Gasteiger partial charge in [0.15, 0.2) is 0 Å². The topological polar surface area (TPSA) is 70.1 Å². The Hall–Kier alpha value is -1.73. The van der Waals surface area contributed by atoms with Crippen LogP contribution in [0.2, 0.25) is 5.02 Å². The maximum atomic E-state index is 11.4. The molecule has 1 fully saturated rings. The Labute approximate surface area is 111 Å². The van der Waals surface area contributed by atoms with E-state index in [1.54, 1.807) is 12.1 Å². The lowest BCUT2D eigenvalue weighted by Crippen LogP contribution is -2.37. The number of amides is 1. The number of nitriles is 1. The molecule has 18 heavy (non-hydrogen) atoms. The number of halogens is 1. The fourth-order valence-corrected chi connectivity index (χ4v) is 2.41. The van der Waals surface area contributed by atoms with Crippen LogP contribution in [-0.4, -0.2) is 19.0 Å². The van der Waals surface area contributed by atoms with Gasteiger partial charge in [-0.15, -0.1) is 0 Å². The SMILES string of the molecule is CC1(C(N)=O)CCN(c2ccc(Cl)cc2C#N)C1. The predicted octanol–water partition coefficient (Wildman–Crippen LogP) is 1.91. The summed E-state index contributed by atoms with van der Waals surface area (Å²) in [6.07, 6.45) is 0.704. The van der Waals surface area contributed by atoms with Crippen LogP contribution in [0.3, 0.4) is 0 Å². The molecule has 5 heteroatoms. The molecule has 1 atom stereocenters. The second-order valence-electron chi connectivity index (χ2n) is 4.87. The Kier molecular flexibility index (Phi) is 3.18. The van der Waals surface area contributed by atoms with Gasteiger partial charge < -0.3 is 10.6 Å². The number of anilines is 1. The zero-order valence-corrected chi connectivity index (χ0v) is 10.9. The minimum absolute atomic E-state index is 0.294. The van der Waals surface area contributed by atoms with Gasteiger partial charge in [-0.2, -0.15) is 5.26 Å². The number of benzene rings is 1. The molecule has 0 aliphatic carbocycles. The Balaban J connectivity index is 2.30. The fraction of sp³-hybridized carbons (Fsp3) is 0.385. The lowest BCUT2D eigenvalue weighted by Gasteiger charge is -2.23. The van der Waals surface area contributed by atoms with Crippen molar-refractivity contribution in [3.05, 3.63) is 28.8 Å². The van der Waals surface area contributed by atoms with E-state index >= 15 is 0 Å². The average Bonchev–Trinajstić information content (AvgIpc) is 2.73.